The first kappa shape index (κ1) is 11.9. The summed E-state index contributed by atoms with van der Waals surface area (Å²) in [6.45, 7) is 2.68. The van der Waals surface area contributed by atoms with E-state index in [1.54, 1.807) is 0 Å². The van der Waals surface area contributed by atoms with Gasteiger partial charge in [0.25, 0.3) is 5.89 Å². The van der Waals surface area contributed by atoms with Crippen LogP contribution in [0, 0.1) is 5.92 Å². The van der Waals surface area contributed by atoms with Crippen LogP contribution in [0.3, 0.4) is 0 Å². The maximum absolute atomic E-state index is 5.40. The number of ether oxygens (including phenoxy) is 1. The molecule has 0 saturated carbocycles. The molecule has 1 atom stereocenters. The third-order valence-corrected chi connectivity index (χ3v) is 4.03. The Bertz CT molecular complexity index is 617. The van der Waals surface area contributed by atoms with Crippen molar-refractivity contribution in [1.29, 1.82) is 0 Å². The highest BCUT2D eigenvalue weighted by molar-refractivity contribution is 5.64. The fourth-order valence-corrected chi connectivity index (χ4v) is 2.89. The normalized spacial score (nSPS) is 20.9. The van der Waals surface area contributed by atoms with Crippen LogP contribution >= 0.6 is 0 Å². The van der Waals surface area contributed by atoms with Crippen molar-refractivity contribution in [3.8, 4) is 11.5 Å². The smallest absolute Gasteiger partial charge is 0.257 e. The van der Waals surface area contributed by atoms with Gasteiger partial charge in [-0.2, -0.15) is 4.98 Å². The van der Waals surface area contributed by atoms with Crippen molar-refractivity contribution in [1.82, 2.24) is 10.1 Å². The van der Waals surface area contributed by atoms with E-state index in [0.29, 0.717) is 11.8 Å². The van der Waals surface area contributed by atoms with Crippen LogP contribution in [0.25, 0.3) is 11.5 Å². The van der Waals surface area contributed by atoms with Gasteiger partial charge < -0.3 is 14.6 Å². The van der Waals surface area contributed by atoms with Gasteiger partial charge >= 0.3 is 0 Å². The Balaban J connectivity index is 1.55. The van der Waals surface area contributed by atoms with Gasteiger partial charge in [0.1, 0.15) is 0 Å². The van der Waals surface area contributed by atoms with E-state index in [1.807, 2.05) is 6.07 Å². The first-order chi connectivity index (χ1) is 9.88. The van der Waals surface area contributed by atoms with Crippen molar-refractivity contribution in [2.24, 2.45) is 5.92 Å². The molecule has 1 aromatic carbocycles. The van der Waals surface area contributed by atoms with Gasteiger partial charge in [-0.25, -0.2) is 0 Å². The summed E-state index contributed by atoms with van der Waals surface area (Å²) < 4.78 is 10.8. The molecule has 0 radical (unpaired) electrons. The highest BCUT2D eigenvalue weighted by Gasteiger charge is 2.20. The molecule has 1 fully saturated rings. The van der Waals surface area contributed by atoms with Gasteiger partial charge in [-0.3, -0.25) is 0 Å². The maximum Gasteiger partial charge on any atom is 0.257 e. The van der Waals surface area contributed by atoms with E-state index in [-0.39, 0.29) is 0 Å². The summed E-state index contributed by atoms with van der Waals surface area (Å²) in [7, 11) is 0. The Morgan fingerprint density at radius 3 is 3.25 bits per heavy atom. The minimum absolute atomic E-state index is 0.532. The summed E-state index contributed by atoms with van der Waals surface area (Å²) in [5.74, 6) is 1.94. The highest BCUT2D eigenvalue weighted by Crippen LogP contribution is 2.28. The lowest BCUT2D eigenvalue weighted by Crippen LogP contribution is -2.04. The molecule has 1 unspecified atom stereocenters. The molecule has 0 bridgehead atoms. The summed E-state index contributed by atoms with van der Waals surface area (Å²) in [6.07, 6.45) is 2.99. The fourth-order valence-electron chi connectivity index (χ4n) is 2.89. The highest BCUT2D eigenvalue weighted by atomic mass is 16.5. The zero-order chi connectivity index (χ0) is 13.4. The van der Waals surface area contributed by atoms with E-state index in [1.165, 1.54) is 11.3 Å². The third kappa shape index (κ3) is 2.18. The van der Waals surface area contributed by atoms with Crippen molar-refractivity contribution < 1.29 is 9.26 Å². The molecule has 0 amide bonds. The monoisotopic (exact) mass is 271 g/mol. The number of nitrogens with zero attached hydrogens (tertiary/aromatic N) is 2. The van der Waals surface area contributed by atoms with Gasteiger partial charge in [-0.05, 0) is 42.5 Å². The van der Waals surface area contributed by atoms with Gasteiger partial charge in [0, 0.05) is 37.4 Å². The molecule has 2 aliphatic heterocycles. The minimum atomic E-state index is 0.532. The van der Waals surface area contributed by atoms with Crippen molar-refractivity contribution in [3.05, 3.63) is 29.6 Å². The van der Waals surface area contributed by atoms with Gasteiger partial charge in [-0.15, -0.1) is 0 Å². The molecule has 1 N–H and O–H groups in total. The Labute approximate surface area is 117 Å². The number of nitrogens with one attached hydrogen (secondary N) is 1. The van der Waals surface area contributed by atoms with Gasteiger partial charge in [0.05, 0.1) is 0 Å². The number of hydrogen-bond acceptors (Lipinski definition) is 5. The molecular weight excluding hydrogens is 254 g/mol. The number of hydrogen-bond donors (Lipinski definition) is 1. The second-order valence-corrected chi connectivity index (χ2v) is 5.50. The van der Waals surface area contributed by atoms with Crippen molar-refractivity contribution >= 4 is 5.69 Å². The molecule has 3 heterocycles. The van der Waals surface area contributed by atoms with Crippen molar-refractivity contribution in [3.63, 3.8) is 0 Å². The summed E-state index contributed by atoms with van der Waals surface area (Å²) in [5.41, 5.74) is 3.55. The molecule has 4 rings (SSSR count). The molecule has 20 heavy (non-hydrogen) atoms. The van der Waals surface area contributed by atoms with Crippen LogP contribution in [0.2, 0.25) is 0 Å². The first-order valence-electron chi connectivity index (χ1n) is 7.16. The van der Waals surface area contributed by atoms with E-state index >= 15 is 0 Å². The second kappa shape index (κ2) is 4.90. The molecule has 5 heteroatoms. The molecule has 2 aromatic rings. The Morgan fingerprint density at radius 2 is 2.35 bits per heavy atom. The van der Waals surface area contributed by atoms with Crippen LogP contribution < -0.4 is 5.32 Å². The topological polar surface area (TPSA) is 60.2 Å². The predicted octanol–water partition coefficient (Wildman–Crippen LogP) is 2.28. The molecule has 1 saturated heterocycles. The molecule has 0 spiro atoms. The summed E-state index contributed by atoms with van der Waals surface area (Å²) in [6, 6.07) is 6.27. The molecule has 0 aliphatic carbocycles. The predicted molar refractivity (Wildman–Crippen MR) is 74.6 cm³/mol. The Morgan fingerprint density at radius 1 is 1.35 bits per heavy atom. The third-order valence-electron chi connectivity index (χ3n) is 4.03. The van der Waals surface area contributed by atoms with E-state index in [4.69, 9.17) is 9.26 Å². The summed E-state index contributed by atoms with van der Waals surface area (Å²) in [5, 5.41) is 7.44. The van der Waals surface area contributed by atoms with E-state index in [9.17, 15) is 0 Å². The van der Waals surface area contributed by atoms with E-state index in [2.05, 4.69) is 27.6 Å². The van der Waals surface area contributed by atoms with Crippen molar-refractivity contribution in [2.45, 2.75) is 19.3 Å². The standard InChI is InChI=1S/C15H17N3O2/c1-2-13-11(3-5-16-13)8-12(1)15-17-14(18-20-15)7-10-4-6-19-9-10/h1-2,8,10,16H,3-7,9H2. The zero-order valence-electron chi connectivity index (χ0n) is 11.3. The Kier molecular flexibility index (Phi) is 2.92. The fraction of sp³-hybridized carbons (Fsp3) is 0.467. The lowest BCUT2D eigenvalue weighted by atomic mass is 10.1. The molecule has 5 nitrogen and oxygen atoms in total. The van der Waals surface area contributed by atoms with Crippen molar-refractivity contribution in [2.75, 3.05) is 25.1 Å². The Hall–Kier alpha value is -1.88. The average molecular weight is 271 g/mol. The molecule has 104 valence electrons. The van der Waals surface area contributed by atoms with E-state index in [0.717, 1.165) is 50.4 Å². The molecule has 2 aliphatic rings. The van der Waals surface area contributed by atoms with Crippen LogP contribution in [0.4, 0.5) is 5.69 Å². The number of anilines is 1. The number of fused-ring (bicyclic) bond motifs is 1. The number of rotatable bonds is 3. The van der Waals surface area contributed by atoms with Crippen LogP contribution in [0.15, 0.2) is 22.7 Å². The van der Waals surface area contributed by atoms with Gasteiger partial charge in [0.2, 0.25) is 0 Å². The van der Waals surface area contributed by atoms with Gasteiger partial charge in [-0.1, -0.05) is 5.16 Å². The van der Waals surface area contributed by atoms with Crippen LogP contribution in [0.1, 0.15) is 17.8 Å². The maximum atomic E-state index is 5.40. The van der Waals surface area contributed by atoms with E-state index < -0.39 is 0 Å². The van der Waals surface area contributed by atoms with Crippen LogP contribution in [0.5, 0.6) is 0 Å². The number of benzene rings is 1. The largest absolute Gasteiger partial charge is 0.384 e. The summed E-state index contributed by atoms with van der Waals surface area (Å²) in [4.78, 5) is 4.52. The molecular formula is C15H17N3O2. The minimum Gasteiger partial charge on any atom is -0.384 e. The van der Waals surface area contributed by atoms with Crippen LogP contribution in [-0.2, 0) is 17.6 Å². The lowest BCUT2D eigenvalue weighted by molar-refractivity contribution is 0.185. The van der Waals surface area contributed by atoms with Gasteiger partial charge in [0.15, 0.2) is 5.82 Å². The second-order valence-electron chi connectivity index (χ2n) is 5.50. The summed E-state index contributed by atoms with van der Waals surface area (Å²) >= 11 is 0. The average Bonchev–Trinajstić information content (AvgIpc) is 3.19. The molecule has 1 aromatic heterocycles. The number of aromatic nitrogens is 2. The quantitative estimate of drug-likeness (QED) is 0.928. The lowest BCUT2D eigenvalue weighted by Gasteiger charge is -2.01. The zero-order valence-corrected chi connectivity index (χ0v) is 11.3. The first-order valence-corrected chi connectivity index (χ1v) is 7.16. The SMILES string of the molecule is c1cc2c(cc1-c1nc(CC3CCOC3)no1)CCN2. The van der Waals surface area contributed by atoms with Crippen LogP contribution in [-0.4, -0.2) is 29.9 Å².